The van der Waals surface area contributed by atoms with Gasteiger partial charge in [-0.25, -0.2) is 8.42 Å². The number of carbonyl (C=O) groups excluding carboxylic acids is 2. The molecule has 0 aliphatic heterocycles. The van der Waals surface area contributed by atoms with Gasteiger partial charge in [-0.3, -0.25) is 13.9 Å². The predicted octanol–water partition coefficient (Wildman–Crippen LogP) is 2.49. The van der Waals surface area contributed by atoms with Crippen LogP contribution >= 0.6 is 0 Å². The summed E-state index contributed by atoms with van der Waals surface area (Å²) < 4.78 is 36.2. The van der Waals surface area contributed by atoms with Crippen LogP contribution in [0.5, 0.6) is 11.5 Å². The summed E-state index contributed by atoms with van der Waals surface area (Å²) in [5.74, 6) is 0.0935. The van der Waals surface area contributed by atoms with E-state index < -0.39 is 22.5 Å². The number of nitrogens with one attached hydrogen (secondary N) is 2. The van der Waals surface area contributed by atoms with Gasteiger partial charge in [-0.2, -0.15) is 0 Å². The first-order chi connectivity index (χ1) is 15.1. The Bertz CT molecular complexity index is 1070. The van der Waals surface area contributed by atoms with Crippen molar-refractivity contribution in [2.24, 2.45) is 5.92 Å². The van der Waals surface area contributed by atoms with Gasteiger partial charge in [0.25, 0.3) is 5.91 Å². The average molecular weight is 464 g/mol. The van der Waals surface area contributed by atoms with Gasteiger partial charge in [0.15, 0.2) is 11.5 Å². The molecule has 2 rings (SSSR count). The molecule has 2 N–H and O–H groups in total. The number of amides is 2. The van der Waals surface area contributed by atoms with Crippen LogP contribution in [0.4, 0.5) is 11.4 Å². The highest BCUT2D eigenvalue weighted by molar-refractivity contribution is 7.92. The number of para-hydroxylation sites is 1. The number of anilines is 2. The van der Waals surface area contributed by atoms with Gasteiger partial charge in [0.2, 0.25) is 15.9 Å². The molecule has 0 radical (unpaired) electrons. The molecule has 0 aliphatic rings. The smallest absolute Gasteiger partial charge is 0.253 e. The van der Waals surface area contributed by atoms with E-state index in [4.69, 9.17) is 9.47 Å². The maximum atomic E-state index is 12.8. The summed E-state index contributed by atoms with van der Waals surface area (Å²) in [6, 6.07) is 11.1. The number of carbonyl (C=O) groups is 2. The second kappa shape index (κ2) is 10.9. The third kappa shape index (κ3) is 6.61. The van der Waals surface area contributed by atoms with Crippen molar-refractivity contribution in [1.29, 1.82) is 0 Å². The van der Waals surface area contributed by atoms with E-state index in [1.807, 2.05) is 13.8 Å². The molecule has 0 saturated heterocycles. The molecule has 0 spiro atoms. The second-order valence-electron chi connectivity index (χ2n) is 7.51. The van der Waals surface area contributed by atoms with E-state index >= 15 is 0 Å². The Balaban J connectivity index is 2.26. The zero-order chi connectivity index (χ0) is 23.9. The molecule has 2 aromatic rings. The number of sulfonamides is 1. The fourth-order valence-electron chi connectivity index (χ4n) is 2.88. The summed E-state index contributed by atoms with van der Waals surface area (Å²) in [6.07, 6.45) is 1.00. The highest BCUT2D eigenvalue weighted by Gasteiger charge is 2.23. The number of ether oxygens (including phenoxy) is 2. The summed E-state index contributed by atoms with van der Waals surface area (Å²) in [4.78, 5) is 25.2. The van der Waals surface area contributed by atoms with Gasteiger partial charge in [0, 0.05) is 12.6 Å². The molecule has 2 aromatic carbocycles. The Labute approximate surface area is 188 Å². The lowest BCUT2D eigenvalue weighted by atomic mass is 10.1. The second-order valence-corrected chi connectivity index (χ2v) is 9.41. The Morgan fingerprint density at radius 1 is 1.03 bits per heavy atom. The maximum absolute atomic E-state index is 12.8. The molecule has 2 amide bonds. The molecule has 10 heteroatoms. The third-order valence-electron chi connectivity index (χ3n) is 4.46. The first kappa shape index (κ1) is 25.0. The normalized spacial score (nSPS) is 11.1. The molecule has 0 atom stereocenters. The van der Waals surface area contributed by atoms with Crippen LogP contribution in [0.3, 0.4) is 0 Å². The van der Waals surface area contributed by atoms with Crippen LogP contribution in [0.15, 0.2) is 42.5 Å². The first-order valence-electron chi connectivity index (χ1n) is 9.93. The van der Waals surface area contributed by atoms with E-state index in [1.54, 1.807) is 30.3 Å². The van der Waals surface area contributed by atoms with Gasteiger partial charge < -0.3 is 20.1 Å². The Kier molecular flexibility index (Phi) is 8.48. The Hall–Kier alpha value is -3.27. The molecular weight excluding hydrogens is 434 g/mol. The zero-order valence-electron chi connectivity index (χ0n) is 18.8. The molecule has 0 unspecified atom stereocenters. The fourth-order valence-corrected chi connectivity index (χ4v) is 3.73. The topological polar surface area (TPSA) is 114 Å². The maximum Gasteiger partial charge on any atom is 0.253 e. The van der Waals surface area contributed by atoms with Crippen LogP contribution in [-0.4, -0.2) is 53.8 Å². The van der Waals surface area contributed by atoms with E-state index in [0.717, 1.165) is 10.6 Å². The van der Waals surface area contributed by atoms with Crippen molar-refractivity contribution < 1.29 is 27.5 Å². The van der Waals surface area contributed by atoms with Gasteiger partial charge >= 0.3 is 0 Å². The molecule has 0 heterocycles. The van der Waals surface area contributed by atoms with Crippen molar-refractivity contribution in [2.75, 3.05) is 43.2 Å². The van der Waals surface area contributed by atoms with Crippen molar-refractivity contribution in [3.63, 3.8) is 0 Å². The van der Waals surface area contributed by atoms with Crippen molar-refractivity contribution in [1.82, 2.24) is 5.32 Å². The first-order valence-corrected chi connectivity index (χ1v) is 11.8. The summed E-state index contributed by atoms with van der Waals surface area (Å²) in [5.41, 5.74) is 0.821. The zero-order valence-corrected chi connectivity index (χ0v) is 19.7. The molecule has 0 aliphatic carbocycles. The molecule has 174 valence electrons. The lowest BCUT2D eigenvalue weighted by Gasteiger charge is -2.23. The Morgan fingerprint density at radius 2 is 1.69 bits per heavy atom. The quantitative estimate of drug-likeness (QED) is 0.560. The average Bonchev–Trinajstić information content (AvgIpc) is 2.74. The van der Waals surface area contributed by atoms with Gasteiger partial charge in [-0.1, -0.05) is 26.0 Å². The number of methoxy groups -OCH3 is 2. The molecule has 0 saturated carbocycles. The van der Waals surface area contributed by atoms with Crippen LogP contribution < -0.4 is 24.4 Å². The summed E-state index contributed by atoms with van der Waals surface area (Å²) in [5, 5.41) is 5.44. The number of hydrogen-bond acceptors (Lipinski definition) is 6. The SMILES string of the molecule is COc1ccc(N(CC(=O)Nc2ccccc2C(=O)NCC(C)C)S(C)(=O)=O)cc1OC. The van der Waals surface area contributed by atoms with Gasteiger partial charge in [-0.05, 0) is 30.2 Å². The number of hydrogen-bond donors (Lipinski definition) is 2. The highest BCUT2D eigenvalue weighted by atomic mass is 32.2. The van der Waals surface area contributed by atoms with Crippen LogP contribution in [0.1, 0.15) is 24.2 Å². The van der Waals surface area contributed by atoms with E-state index in [9.17, 15) is 18.0 Å². The molecule has 32 heavy (non-hydrogen) atoms. The monoisotopic (exact) mass is 463 g/mol. The van der Waals surface area contributed by atoms with Gasteiger partial charge in [0.1, 0.15) is 6.54 Å². The lowest BCUT2D eigenvalue weighted by molar-refractivity contribution is -0.114. The molecular formula is C22H29N3O6S. The molecule has 9 nitrogen and oxygen atoms in total. The molecule has 0 fully saturated rings. The standard InChI is InChI=1S/C22H29N3O6S/c1-15(2)13-23-22(27)17-8-6-7-9-18(17)24-21(26)14-25(32(5,28)29)16-10-11-19(30-3)20(12-16)31-4/h6-12,15H,13-14H2,1-5H3,(H,23,27)(H,24,26). The summed E-state index contributed by atoms with van der Waals surface area (Å²) in [7, 11) is -0.900. The van der Waals surface area contributed by atoms with E-state index in [-0.39, 0.29) is 17.5 Å². The van der Waals surface area contributed by atoms with E-state index in [1.165, 1.54) is 26.4 Å². The number of nitrogens with zero attached hydrogens (tertiary/aromatic N) is 1. The fraction of sp³-hybridized carbons (Fsp3) is 0.364. The van der Waals surface area contributed by atoms with E-state index in [2.05, 4.69) is 10.6 Å². The minimum absolute atomic E-state index is 0.239. The van der Waals surface area contributed by atoms with E-state index in [0.29, 0.717) is 29.3 Å². The number of rotatable bonds is 10. The molecule has 0 bridgehead atoms. The lowest BCUT2D eigenvalue weighted by Crippen LogP contribution is -2.38. The predicted molar refractivity (Wildman–Crippen MR) is 124 cm³/mol. The third-order valence-corrected chi connectivity index (χ3v) is 5.60. The minimum atomic E-state index is -3.80. The van der Waals surface area contributed by atoms with Crippen LogP contribution in [0.2, 0.25) is 0 Å². The van der Waals surface area contributed by atoms with Crippen LogP contribution in [0.25, 0.3) is 0 Å². The summed E-state index contributed by atoms with van der Waals surface area (Å²) in [6.45, 7) is 3.95. The number of benzene rings is 2. The van der Waals surface area contributed by atoms with Crippen LogP contribution in [0, 0.1) is 5.92 Å². The molecule has 0 aromatic heterocycles. The van der Waals surface area contributed by atoms with Crippen molar-refractivity contribution in [3.8, 4) is 11.5 Å². The van der Waals surface area contributed by atoms with Crippen molar-refractivity contribution in [2.45, 2.75) is 13.8 Å². The largest absolute Gasteiger partial charge is 0.493 e. The minimum Gasteiger partial charge on any atom is -0.493 e. The van der Waals surface area contributed by atoms with Crippen LogP contribution in [-0.2, 0) is 14.8 Å². The van der Waals surface area contributed by atoms with Crippen molar-refractivity contribution in [3.05, 3.63) is 48.0 Å². The van der Waals surface area contributed by atoms with Gasteiger partial charge in [-0.15, -0.1) is 0 Å². The Morgan fingerprint density at radius 3 is 2.28 bits per heavy atom. The van der Waals surface area contributed by atoms with Gasteiger partial charge in [0.05, 0.1) is 37.4 Å². The van der Waals surface area contributed by atoms with Crippen molar-refractivity contribution >= 4 is 33.2 Å². The highest BCUT2D eigenvalue weighted by Crippen LogP contribution is 2.32. The summed E-state index contributed by atoms with van der Waals surface area (Å²) >= 11 is 0.